The lowest BCUT2D eigenvalue weighted by atomic mass is 9.94. The number of carbonyl (C=O) groups is 2. The summed E-state index contributed by atoms with van der Waals surface area (Å²) >= 11 is 0. The Hall–Kier alpha value is -1.10. The average molecular weight is 231 g/mol. The van der Waals surface area contributed by atoms with Crippen molar-refractivity contribution in [2.45, 2.75) is 39.2 Å². The van der Waals surface area contributed by atoms with Crippen molar-refractivity contribution in [3.63, 3.8) is 0 Å². The lowest BCUT2D eigenvalue weighted by Gasteiger charge is -2.39. The Balaban J connectivity index is 5.23. The fraction of sp³-hybridized carbons (Fsp3) is 0.818. The van der Waals surface area contributed by atoms with Crippen LogP contribution in [0.5, 0.6) is 0 Å². The van der Waals surface area contributed by atoms with E-state index < -0.39 is 11.5 Å². The Morgan fingerprint density at radius 2 is 1.94 bits per heavy atom. The van der Waals surface area contributed by atoms with E-state index in [0.717, 1.165) is 6.42 Å². The smallest absolute Gasteiger partial charge is 0.332 e. The molecule has 1 atom stereocenters. The van der Waals surface area contributed by atoms with Crippen LogP contribution in [0.15, 0.2) is 0 Å². The zero-order valence-corrected chi connectivity index (χ0v) is 10.4. The minimum absolute atomic E-state index is 0.0123. The summed E-state index contributed by atoms with van der Waals surface area (Å²) in [6, 6.07) is 0. The van der Waals surface area contributed by atoms with E-state index in [2.05, 4.69) is 0 Å². The highest BCUT2D eigenvalue weighted by atomic mass is 16.5. The fourth-order valence-electron chi connectivity index (χ4n) is 1.83. The molecule has 94 valence electrons. The molecule has 0 bridgehead atoms. The van der Waals surface area contributed by atoms with E-state index in [-0.39, 0.29) is 12.5 Å². The highest BCUT2D eigenvalue weighted by molar-refractivity contribution is 5.86. The summed E-state index contributed by atoms with van der Waals surface area (Å²) in [7, 11) is 1.44. The number of ether oxygens (including phenoxy) is 1. The lowest BCUT2D eigenvalue weighted by molar-refractivity contribution is -0.163. The van der Waals surface area contributed by atoms with Gasteiger partial charge in [-0.2, -0.15) is 0 Å². The maximum atomic E-state index is 11.5. The Morgan fingerprint density at radius 3 is 2.19 bits per heavy atom. The number of methoxy groups -OCH3 is 1. The molecule has 0 aliphatic rings. The topological polar surface area (TPSA) is 66.8 Å². The highest BCUT2D eigenvalue weighted by Crippen LogP contribution is 2.22. The van der Waals surface area contributed by atoms with E-state index in [1.54, 1.807) is 6.92 Å². The van der Waals surface area contributed by atoms with Crippen molar-refractivity contribution in [3.05, 3.63) is 0 Å². The summed E-state index contributed by atoms with van der Waals surface area (Å²) in [6.07, 6.45) is 1.05. The van der Waals surface area contributed by atoms with Crippen LogP contribution in [0.3, 0.4) is 0 Å². The largest absolute Gasteiger partial charge is 0.479 e. The zero-order valence-electron chi connectivity index (χ0n) is 10.4. The molecule has 0 heterocycles. The first kappa shape index (κ1) is 14.9. The van der Waals surface area contributed by atoms with Crippen LogP contribution in [0.1, 0.15) is 33.6 Å². The summed E-state index contributed by atoms with van der Waals surface area (Å²) in [6.45, 7) is 5.49. The molecule has 0 aromatic carbocycles. The molecule has 0 aromatic rings. The van der Waals surface area contributed by atoms with Crippen LogP contribution in [-0.4, -0.2) is 47.7 Å². The van der Waals surface area contributed by atoms with Gasteiger partial charge in [0.15, 0.2) is 5.54 Å². The molecule has 0 aliphatic carbocycles. The van der Waals surface area contributed by atoms with Gasteiger partial charge in [-0.1, -0.05) is 13.8 Å². The predicted molar refractivity (Wildman–Crippen MR) is 60.2 cm³/mol. The molecular weight excluding hydrogens is 210 g/mol. The fourth-order valence-corrected chi connectivity index (χ4v) is 1.83. The number of hydrogen-bond acceptors (Lipinski definition) is 3. The predicted octanol–water partition coefficient (Wildman–Crippen LogP) is 1.12. The molecule has 5 heteroatoms. The molecule has 0 radical (unpaired) electrons. The van der Waals surface area contributed by atoms with Crippen molar-refractivity contribution in [3.8, 4) is 0 Å². The van der Waals surface area contributed by atoms with Crippen LogP contribution in [-0.2, 0) is 14.3 Å². The minimum Gasteiger partial charge on any atom is -0.479 e. The second kappa shape index (κ2) is 6.48. The van der Waals surface area contributed by atoms with Gasteiger partial charge >= 0.3 is 5.97 Å². The van der Waals surface area contributed by atoms with Crippen LogP contribution in [0.4, 0.5) is 0 Å². The van der Waals surface area contributed by atoms with Crippen LogP contribution in [0, 0.1) is 0 Å². The molecule has 0 saturated carbocycles. The standard InChI is InChI=1S/C11H21NO4/c1-5-7-12(9(3)13)11(6-2,8-16-4)10(14)15/h5-8H2,1-4H3,(H,14,15). The summed E-state index contributed by atoms with van der Waals surface area (Å²) in [5, 5.41) is 9.33. The maximum absolute atomic E-state index is 11.5. The molecule has 0 fully saturated rings. The van der Waals surface area contributed by atoms with Crippen LogP contribution in [0.2, 0.25) is 0 Å². The summed E-state index contributed by atoms with van der Waals surface area (Å²) in [5.74, 6) is -1.25. The van der Waals surface area contributed by atoms with Gasteiger partial charge in [-0.3, -0.25) is 4.79 Å². The average Bonchev–Trinajstić information content (AvgIpc) is 2.22. The zero-order chi connectivity index (χ0) is 12.8. The Kier molecular flexibility index (Phi) is 6.03. The van der Waals surface area contributed by atoms with Crippen molar-refractivity contribution in [1.29, 1.82) is 0 Å². The van der Waals surface area contributed by atoms with E-state index in [1.165, 1.54) is 18.9 Å². The number of amides is 1. The van der Waals surface area contributed by atoms with Crippen molar-refractivity contribution >= 4 is 11.9 Å². The third-order valence-electron chi connectivity index (χ3n) is 2.71. The van der Waals surface area contributed by atoms with Crippen LogP contribution >= 0.6 is 0 Å². The molecule has 0 saturated heterocycles. The van der Waals surface area contributed by atoms with Gasteiger partial charge in [-0.15, -0.1) is 0 Å². The Morgan fingerprint density at radius 1 is 1.38 bits per heavy atom. The van der Waals surface area contributed by atoms with Gasteiger partial charge in [-0.25, -0.2) is 4.79 Å². The number of carboxylic acid groups (broad SMARTS) is 1. The summed E-state index contributed by atoms with van der Waals surface area (Å²) in [5.41, 5.74) is -1.24. The minimum atomic E-state index is -1.24. The van der Waals surface area contributed by atoms with Crippen molar-refractivity contribution < 1.29 is 19.4 Å². The van der Waals surface area contributed by atoms with Crippen molar-refractivity contribution in [2.75, 3.05) is 20.3 Å². The van der Waals surface area contributed by atoms with Crippen LogP contribution in [0.25, 0.3) is 0 Å². The van der Waals surface area contributed by atoms with E-state index in [0.29, 0.717) is 13.0 Å². The van der Waals surface area contributed by atoms with Gasteiger partial charge in [-0.05, 0) is 12.8 Å². The molecule has 16 heavy (non-hydrogen) atoms. The van der Waals surface area contributed by atoms with Gasteiger partial charge in [0, 0.05) is 20.6 Å². The molecule has 0 aromatic heterocycles. The number of carboxylic acids is 1. The number of hydrogen-bond donors (Lipinski definition) is 1. The number of nitrogens with zero attached hydrogens (tertiary/aromatic N) is 1. The third kappa shape index (κ3) is 2.95. The quantitative estimate of drug-likeness (QED) is 0.713. The molecule has 1 unspecified atom stereocenters. The summed E-state index contributed by atoms with van der Waals surface area (Å²) < 4.78 is 4.96. The van der Waals surface area contributed by atoms with Crippen molar-refractivity contribution in [2.24, 2.45) is 0 Å². The lowest BCUT2D eigenvalue weighted by Crippen LogP contribution is -2.59. The number of carbonyl (C=O) groups excluding carboxylic acids is 1. The number of rotatable bonds is 7. The third-order valence-corrected chi connectivity index (χ3v) is 2.71. The number of aliphatic carboxylic acids is 1. The van der Waals surface area contributed by atoms with Gasteiger partial charge in [0.1, 0.15) is 0 Å². The molecule has 1 N–H and O–H groups in total. The second-order valence-corrected chi connectivity index (χ2v) is 3.79. The van der Waals surface area contributed by atoms with Crippen molar-refractivity contribution in [1.82, 2.24) is 4.90 Å². The van der Waals surface area contributed by atoms with E-state index in [9.17, 15) is 14.7 Å². The van der Waals surface area contributed by atoms with E-state index in [4.69, 9.17) is 4.74 Å². The van der Waals surface area contributed by atoms with Gasteiger partial charge in [0.25, 0.3) is 0 Å². The van der Waals surface area contributed by atoms with E-state index >= 15 is 0 Å². The summed E-state index contributed by atoms with van der Waals surface area (Å²) in [4.78, 5) is 24.3. The maximum Gasteiger partial charge on any atom is 0.332 e. The highest BCUT2D eigenvalue weighted by Gasteiger charge is 2.44. The van der Waals surface area contributed by atoms with Gasteiger partial charge in [0.05, 0.1) is 6.61 Å². The van der Waals surface area contributed by atoms with Gasteiger partial charge in [0.2, 0.25) is 5.91 Å². The van der Waals surface area contributed by atoms with Crippen LogP contribution < -0.4 is 0 Å². The Labute approximate surface area is 96.4 Å². The first-order valence-electron chi connectivity index (χ1n) is 5.46. The molecule has 0 spiro atoms. The first-order chi connectivity index (χ1) is 7.46. The molecule has 1 amide bonds. The second-order valence-electron chi connectivity index (χ2n) is 3.79. The first-order valence-corrected chi connectivity index (χ1v) is 5.46. The Bertz CT molecular complexity index is 254. The normalized spacial score (nSPS) is 14.2. The SMILES string of the molecule is CCCN(C(C)=O)C(CC)(COC)C(=O)O. The van der Waals surface area contributed by atoms with Gasteiger partial charge < -0.3 is 14.7 Å². The monoisotopic (exact) mass is 231 g/mol. The molecule has 0 aliphatic heterocycles. The van der Waals surface area contributed by atoms with E-state index in [1.807, 2.05) is 6.92 Å². The molecule has 0 rings (SSSR count). The molecule has 5 nitrogen and oxygen atoms in total. The molecular formula is C11H21NO4.